The van der Waals surface area contributed by atoms with Crippen LogP contribution in [0, 0.1) is 20.8 Å². The molecule has 0 saturated carbocycles. The number of aryl methyl sites for hydroxylation is 3. The maximum absolute atomic E-state index is 12.4. The van der Waals surface area contributed by atoms with Crippen LogP contribution in [-0.4, -0.2) is 19.1 Å². The van der Waals surface area contributed by atoms with Crippen LogP contribution in [0.5, 0.6) is 0 Å². The lowest BCUT2D eigenvalue weighted by Gasteiger charge is -2.21. The maximum Gasteiger partial charge on any atom is 0.252 e. The highest BCUT2D eigenvalue weighted by atomic mass is 16.5. The molecule has 1 amide bonds. The average molecular weight is 311 g/mol. The van der Waals surface area contributed by atoms with E-state index in [2.05, 4.69) is 32.0 Å². The molecule has 3 heteroatoms. The van der Waals surface area contributed by atoms with Crippen molar-refractivity contribution in [3.05, 3.63) is 64.7 Å². The van der Waals surface area contributed by atoms with Crippen molar-refractivity contribution < 1.29 is 9.53 Å². The lowest BCUT2D eigenvalue weighted by Crippen LogP contribution is -2.33. The van der Waals surface area contributed by atoms with Crippen molar-refractivity contribution in [2.75, 3.05) is 18.1 Å². The average Bonchev–Trinajstić information content (AvgIpc) is 2.50. The molecule has 0 fully saturated rings. The zero-order valence-corrected chi connectivity index (χ0v) is 14.4. The molecule has 0 aliphatic carbocycles. The van der Waals surface area contributed by atoms with Crippen LogP contribution < -0.4 is 4.90 Å². The van der Waals surface area contributed by atoms with Gasteiger partial charge in [-0.25, -0.2) is 0 Å². The van der Waals surface area contributed by atoms with Gasteiger partial charge in [-0.05, 0) is 56.5 Å². The predicted octanol–water partition coefficient (Wildman–Crippen LogP) is 4.18. The molecular weight excluding hydrogens is 286 g/mol. The first kappa shape index (κ1) is 17.2. The molecule has 23 heavy (non-hydrogen) atoms. The van der Waals surface area contributed by atoms with E-state index in [1.54, 1.807) is 4.90 Å². The number of amides is 1. The summed E-state index contributed by atoms with van der Waals surface area (Å²) >= 11 is 0. The van der Waals surface area contributed by atoms with Crippen molar-refractivity contribution in [2.45, 2.75) is 34.3 Å². The third kappa shape index (κ3) is 4.67. The third-order valence-corrected chi connectivity index (χ3v) is 3.91. The van der Waals surface area contributed by atoms with E-state index in [-0.39, 0.29) is 12.5 Å². The van der Waals surface area contributed by atoms with Gasteiger partial charge in [-0.3, -0.25) is 4.79 Å². The molecule has 122 valence electrons. The fraction of sp³-hybridized carbons (Fsp3) is 0.350. The first-order chi connectivity index (χ1) is 11.0. The van der Waals surface area contributed by atoms with Gasteiger partial charge in [0.2, 0.25) is 0 Å². The molecule has 0 spiro atoms. The first-order valence-corrected chi connectivity index (χ1v) is 8.02. The van der Waals surface area contributed by atoms with Gasteiger partial charge in [-0.15, -0.1) is 0 Å². The summed E-state index contributed by atoms with van der Waals surface area (Å²) in [6, 6.07) is 14.2. The summed E-state index contributed by atoms with van der Waals surface area (Å²) in [4.78, 5) is 14.2. The molecule has 2 aromatic rings. The minimum atomic E-state index is -0.0112. The van der Waals surface area contributed by atoms with E-state index in [0.717, 1.165) is 16.8 Å². The van der Waals surface area contributed by atoms with Gasteiger partial charge in [-0.1, -0.05) is 35.9 Å². The molecule has 0 saturated heterocycles. The molecule has 0 bridgehead atoms. The maximum atomic E-state index is 12.4. The van der Waals surface area contributed by atoms with Crippen molar-refractivity contribution in [1.82, 2.24) is 0 Å². The van der Waals surface area contributed by atoms with Crippen molar-refractivity contribution in [3.8, 4) is 0 Å². The highest BCUT2D eigenvalue weighted by Crippen LogP contribution is 2.16. The highest BCUT2D eigenvalue weighted by Gasteiger charge is 2.14. The fourth-order valence-electron chi connectivity index (χ4n) is 2.63. The molecule has 0 N–H and O–H groups in total. The number of ether oxygens (including phenoxy) is 1. The molecular formula is C20H25NO2. The molecule has 3 nitrogen and oxygen atoms in total. The van der Waals surface area contributed by atoms with Crippen LogP contribution in [0.25, 0.3) is 0 Å². The fourth-order valence-corrected chi connectivity index (χ4v) is 2.63. The summed E-state index contributed by atoms with van der Waals surface area (Å²) in [5.41, 5.74) is 5.63. The van der Waals surface area contributed by atoms with Crippen LogP contribution in [-0.2, 0) is 16.1 Å². The van der Waals surface area contributed by atoms with E-state index < -0.39 is 0 Å². The second kappa shape index (κ2) is 7.93. The summed E-state index contributed by atoms with van der Waals surface area (Å²) in [6.07, 6.45) is 0. The Kier molecular flexibility index (Phi) is 5.94. The van der Waals surface area contributed by atoms with E-state index in [4.69, 9.17) is 4.74 Å². The Morgan fingerprint density at radius 3 is 2.43 bits per heavy atom. The van der Waals surface area contributed by atoms with E-state index in [9.17, 15) is 4.79 Å². The Hall–Kier alpha value is -2.13. The first-order valence-electron chi connectivity index (χ1n) is 8.02. The monoisotopic (exact) mass is 311 g/mol. The van der Waals surface area contributed by atoms with Crippen LogP contribution in [0.1, 0.15) is 29.2 Å². The number of anilines is 1. The Balaban J connectivity index is 1.95. The lowest BCUT2D eigenvalue weighted by atomic mass is 10.1. The minimum Gasteiger partial charge on any atom is -0.367 e. The topological polar surface area (TPSA) is 29.5 Å². The Morgan fingerprint density at radius 1 is 1.04 bits per heavy atom. The second-order valence-corrected chi connectivity index (χ2v) is 5.90. The number of carbonyl (C=O) groups is 1. The van der Waals surface area contributed by atoms with Gasteiger partial charge >= 0.3 is 0 Å². The molecule has 2 rings (SSSR count). The van der Waals surface area contributed by atoms with Crippen LogP contribution >= 0.6 is 0 Å². The molecule has 0 aromatic heterocycles. The number of hydrogen-bond donors (Lipinski definition) is 0. The van der Waals surface area contributed by atoms with Gasteiger partial charge in [0, 0.05) is 12.2 Å². The quantitative estimate of drug-likeness (QED) is 0.801. The van der Waals surface area contributed by atoms with Gasteiger partial charge < -0.3 is 9.64 Å². The Labute approximate surface area is 138 Å². The summed E-state index contributed by atoms with van der Waals surface area (Å²) in [7, 11) is 0. The summed E-state index contributed by atoms with van der Waals surface area (Å²) in [5.74, 6) is -0.0112. The van der Waals surface area contributed by atoms with Crippen molar-refractivity contribution in [2.24, 2.45) is 0 Å². The zero-order chi connectivity index (χ0) is 16.8. The van der Waals surface area contributed by atoms with Crippen molar-refractivity contribution in [1.29, 1.82) is 0 Å². The number of benzene rings is 2. The van der Waals surface area contributed by atoms with Crippen LogP contribution in [0.2, 0.25) is 0 Å². The molecule has 0 radical (unpaired) electrons. The second-order valence-electron chi connectivity index (χ2n) is 5.90. The van der Waals surface area contributed by atoms with Crippen LogP contribution in [0.4, 0.5) is 5.69 Å². The Bertz CT molecular complexity index is 679. The van der Waals surface area contributed by atoms with E-state index >= 15 is 0 Å². The molecule has 0 unspecified atom stereocenters. The number of carbonyl (C=O) groups excluding carboxylic acids is 1. The SMILES string of the molecule is CCN(C(=O)COCc1ccc(C)cc1C)c1cccc(C)c1. The Morgan fingerprint density at radius 2 is 1.78 bits per heavy atom. The smallest absolute Gasteiger partial charge is 0.252 e. The van der Waals surface area contributed by atoms with Gasteiger partial charge in [-0.2, -0.15) is 0 Å². The summed E-state index contributed by atoms with van der Waals surface area (Å²) in [5, 5.41) is 0. The number of hydrogen-bond acceptors (Lipinski definition) is 2. The molecule has 0 aliphatic rings. The zero-order valence-electron chi connectivity index (χ0n) is 14.4. The van der Waals surface area contributed by atoms with Gasteiger partial charge in [0.1, 0.15) is 6.61 Å². The standard InChI is InChI=1S/C20H25NO2/c1-5-21(19-8-6-7-15(2)12-19)20(22)14-23-13-18-10-9-16(3)11-17(18)4/h6-12H,5,13-14H2,1-4H3. The van der Waals surface area contributed by atoms with Gasteiger partial charge in [0.05, 0.1) is 6.61 Å². The van der Waals surface area contributed by atoms with Crippen LogP contribution in [0.15, 0.2) is 42.5 Å². The molecule has 0 atom stereocenters. The molecule has 0 heterocycles. The van der Waals surface area contributed by atoms with Crippen LogP contribution in [0.3, 0.4) is 0 Å². The van der Waals surface area contributed by atoms with E-state index in [1.807, 2.05) is 38.1 Å². The third-order valence-electron chi connectivity index (χ3n) is 3.91. The normalized spacial score (nSPS) is 10.6. The number of rotatable bonds is 6. The predicted molar refractivity (Wildman–Crippen MR) is 94.8 cm³/mol. The lowest BCUT2D eigenvalue weighted by molar-refractivity contribution is -0.123. The number of nitrogens with zero attached hydrogens (tertiary/aromatic N) is 1. The molecule has 2 aromatic carbocycles. The molecule has 0 aliphatic heterocycles. The highest BCUT2D eigenvalue weighted by molar-refractivity contribution is 5.94. The van der Waals surface area contributed by atoms with Crippen molar-refractivity contribution >= 4 is 11.6 Å². The van der Waals surface area contributed by atoms with E-state index in [0.29, 0.717) is 13.2 Å². The number of likely N-dealkylation sites (N-methyl/N-ethyl adjacent to an activating group) is 1. The summed E-state index contributed by atoms with van der Waals surface area (Å²) in [6.45, 7) is 9.33. The van der Waals surface area contributed by atoms with Crippen molar-refractivity contribution in [3.63, 3.8) is 0 Å². The minimum absolute atomic E-state index is 0.0112. The summed E-state index contributed by atoms with van der Waals surface area (Å²) < 4.78 is 5.65. The van der Waals surface area contributed by atoms with Gasteiger partial charge in [0.25, 0.3) is 5.91 Å². The van der Waals surface area contributed by atoms with Gasteiger partial charge in [0.15, 0.2) is 0 Å². The largest absolute Gasteiger partial charge is 0.367 e. The van der Waals surface area contributed by atoms with E-state index in [1.165, 1.54) is 11.1 Å².